The van der Waals surface area contributed by atoms with Gasteiger partial charge in [0.25, 0.3) is 10.0 Å². The second kappa shape index (κ2) is 15.2. The number of hydrogen-bond donors (Lipinski definition) is 1. The van der Waals surface area contributed by atoms with E-state index in [9.17, 15) is 22.4 Å². The highest BCUT2D eigenvalue weighted by Gasteiger charge is 2.35. The molecule has 0 saturated carbocycles. The molecular formula is C33H32Cl2FN3O5S. The van der Waals surface area contributed by atoms with Gasteiger partial charge in [-0.05, 0) is 73.2 Å². The van der Waals surface area contributed by atoms with Crippen molar-refractivity contribution in [2.45, 2.75) is 30.8 Å². The normalized spacial score (nSPS) is 11.8. The molecule has 8 nitrogen and oxygen atoms in total. The Morgan fingerprint density at radius 1 is 0.889 bits per heavy atom. The lowest BCUT2D eigenvalue weighted by Gasteiger charge is -2.34. The number of ether oxygens (including phenoxy) is 1. The van der Waals surface area contributed by atoms with Crippen molar-refractivity contribution in [2.24, 2.45) is 0 Å². The number of halogens is 3. The van der Waals surface area contributed by atoms with Crippen molar-refractivity contribution < 1.29 is 27.1 Å². The highest BCUT2D eigenvalue weighted by atomic mass is 35.5. The summed E-state index contributed by atoms with van der Waals surface area (Å²) in [6.45, 7) is 1.29. The standard InChI is InChI=1S/C33H32Cl2FN3O5S/c1-3-44-26-16-18-27(19-17-26)45(42,43)39(25-14-12-24(36)13-15-25)22-32(40)38(21-28-29(34)10-7-11-30(28)35)31(33(41)37-2)20-23-8-5-4-6-9-23/h4-19,31H,3,20-22H2,1-2H3,(H,37,41)/t31-/m0/s1. The maximum atomic E-state index is 14.3. The van der Waals surface area contributed by atoms with Crippen LogP contribution in [0.4, 0.5) is 10.1 Å². The first-order valence-corrected chi connectivity index (χ1v) is 16.2. The van der Waals surface area contributed by atoms with Gasteiger partial charge in [-0.15, -0.1) is 0 Å². The number of amides is 2. The fourth-order valence-corrected chi connectivity index (χ4v) is 6.64. The molecule has 0 bridgehead atoms. The zero-order chi connectivity index (χ0) is 32.6. The van der Waals surface area contributed by atoms with Crippen LogP contribution in [0.25, 0.3) is 0 Å². The minimum absolute atomic E-state index is 0.0499. The Hall–Kier alpha value is -4.12. The Kier molecular flexibility index (Phi) is 11.4. The highest BCUT2D eigenvalue weighted by Crippen LogP contribution is 2.29. The second-order valence-electron chi connectivity index (χ2n) is 9.93. The lowest BCUT2D eigenvalue weighted by Crippen LogP contribution is -2.53. The first-order valence-electron chi connectivity index (χ1n) is 14.0. The largest absolute Gasteiger partial charge is 0.494 e. The molecule has 0 fully saturated rings. The summed E-state index contributed by atoms with van der Waals surface area (Å²) in [5.41, 5.74) is 1.21. The van der Waals surface area contributed by atoms with Crippen LogP contribution in [0.5, 0.6) is 5.75 Å². The van der Waals surface area contributed by atoms with E-state index >= 15 is 0 Å². The number of carbonyl (C=O) groups is 2. The van der Waals surface area contributed by atoms with Crippen molar-refractivity contribution in [1.29, 1.82) is 0 Å². The third-order valence-electron chi connectivity index (χ3n) is 7.02. The molecule has 0 unspecified atom stereocenters. The van der Waals surface area contributed by atoms with Crippen LogP contribution < -0.4 is 14.4 Å². The predicted molar refractivity (Wildman–Crippen MR) is 174 cm³/mol. The summed E-state index contributed by atoms with van der Waals surface area (Å²) in [5, 5.41) is 3.16. The number of anilines is 1. The van der Waals surface area contributed by atoms with E-state index < -0.39 is 40.2 Å². The van der Waals surface area contributed by atoms with Crippen LogP contribution in [0, 0.1) is 5.82 Å². The van der Waals surface area contributed by atoms with Crippen LogP contribution in [0.2, 0.25) is 10.0 Å². The molecule has 0 aromatic heterocycles. The Labute approximate surface area is 272 Å². The molecule has 236 valence electrons. The van der Waals surface area contributed by atoms with E-state index in [0.29, 0.717) is 17.9 Å². The van der Waals surface area contributed by atoms with Crippen LogP contribution in [-0.4, -0.2) is 51.4 Å². The van der Waals surface area contributed by atoms with Gasteiger partial charge in [0.05, 0.1) is 17.2 Å². The zero-order valence-electron chi connectivity index (χ0n) is 24.6. The van der Waals surface area contributed by atoms with Gasteiger partial charge in [-0.2, -0.15) is 0 Å². The third-order valence-corrected chi connectivity index (χ3v) is 9.52. The monoisotopic (exact) mass is 671 g/mol. The number of nitrogens with zero attached hydrogens (tertiary/aromatic N) is 2. The van der Waals surface area contributed by atoms with E-state index in [4.69, 9.17) is 27.9 Å². The van der Waals surface area contributed by atoms with Crippen molar-refractivity contribution in [3.8, 4) is 5.75 Å². The van der Waals surface area contributed by atoms with Crippen molar-refractivity contribution in [2.75, 3.05) is 24.5 Å². The van der Waals surface area contributed by atoms with E-state index in [2.05, 4.69) is 5.32 Å². The van der Waals surface area contributed by atoms with Gasteiger partial charge in [-0.3, -0.25) is 13.9 Å². The average molecular weight is 673 g/mol. The maximum absolute atomic E-state index is 14.3. The molecule has 4 aromatic carbocycles. The molecule has 45 heavy (non-hydrogen) atoms. The topological polar surface area (TPSA) is 96.0 Å². The SMILES string of the molecule is CCOc1ccc(S(=O)(=O)N(CC(=O)N(Cc2c(Cl)cccc2Cl)[C@@H](Cc2ccccc2)C(=O)NC)c2ccc(F)cc2)cc1. The Bertz CT molecular complexity index is 1700. The number of nitrogens with one attached hydrogen (secondary N) is 1. The van der Waals surface area contributed by atoms with Crippen molar-refractivity contribution in [3.05, 3.63) is 124 Å². The van der Waals surface area contributed by atoms with Crippen molar-refractivity contribution in [1.82, 2.24) is 10.2 Å². The summed E-state index contributed by atoms with van der Waals surface area (Å²) >= 11 is 13.0. The maximum Gasteiger partial charge on any atom is 0.264 e. The number of hydrogen-bond acceptors (Lipinski definition) is 5. The van der Waals surface area contributed by atoms with Gasteiger partial charge in [0.1, 0.15) is 24.2 Å². The lowest BCUT2D eigenvalue weighted by molar-refractivity contribution is -0.139. The van der Waals surface area contributed by atoms with Gasteiger partial charge in [0, 0.05) is 35.6 Å². The molecule has 2 amide bonds. The van der Waals surface area contributed by atoms with Crippen LogP contribution >= 0.6 is 23.2 Å². The Morgan fingerprint density at radius 3 is 2.09 bits per heavy atom. The highest BCUT2D eigenvalue weighted by molar-refractivity contribution is 7.92. The number of carbonyl (C=O) groups excluding carboxylic acids is 2. The molecule has 12 heteroatoms. The summed E-state index contributed by atoms with van der Waals surface area (Å²) in [6, 6.07) is 23.4. The van der Waals surface area contributed by atoms with Crippen molar-refractivity contribution >= 4 is 50.7 Å². The molecule has 0 saturated heterocycles. The van der Waals surface area contributed by atoms with Gasteiger partial charge in [0.2, 0.25) is 11.8 Å². The van der Waals surface area contributed by atoms with Crippen LogP contribution in [0.3, 0.4) is 0 Å². The van der Waals surface area contributed by atoms with Crippen molar-refractivity contribution in [3.63, 3.8) is 0 Å². The number of benzene rings is 4. The second-order valence-corrected chi connectivity index (χ2v) is 12.6. The molecule has 0 heterocycles. The molecule has 0 aliphatic heterocycles. The third kappa shape index (κ3) is 8.33. The van der Waals surface area contributed by atoms with Gasteiger partial charge in [-0.1, -0.05) is 59.6 Å². The van der Waals surface area contributed by atoms with Crippen LogP contribution in [-0.2, 0) is 32.6 Å². The van der Waals surface area contributed by atoms with E-state index in [1.54, 1.807) is 25.1 Å². The van der Waals surface area contributed by atoms with E-state index in [1.165, 1.54) is 48.3 Å². The molecule has 0 aliphatic carbocycles. The average Bonchev–Trinajstić information content (AvgIpc) is 3.03. The van der Waals surface area contributed by atoms with Gasteiger partial charge in [-0.25, -0.2) is 12.8 Å². The van der Waals surface area contributed by atoms with E-state index in [0.717, 1.165) is 22.0 Å². The first kappa shape index (κ1) is 33.8. The van der Waals surface area contributed by atoms with Crippen LogP contribution in [0.15, 0.2) is 102 Å². The zero-order valence-corrected chi connectivity index (χ0v) is 26.9. The molecule has 0 aliphatic rings. The van der Waals surface area contributed by atoms with Gasteiger partial charge >= 0.3 is 0 Å². The summed E-state index contributed by atoms with van der Waals surface area (Å²) in [5.74, 6) is -1.30. The minimum atomic E-state index is -4.37. The van der Waals surface area contributed by atoms with Gasteiger partial charge < -0.3 is 15.0 Å². The molecule has 4 aromatic rings. The van der Waals surface area contributed by atoms with E-state index in [-0.39, 0.29) is 33.6 Å². The summed E-state index contributed by atoms with van der Waals surface area (Å²) in [6.07, 6.45) is 0.122. The molecule has 0 spiro atoms. The Morgan fingerprint density at radius 2 is 1.51 bits per heavy atom. The molecule has 1 N–H and O–H groups in total. The summed E-state index contributed by atoms with van der Waals surface area (Å²) in [4.78, 5) is 28.9. The smallest absolute Gasteiger partial charge is 0.264 e. The lowest BCUT2D eigenvalue weighted by atomic mass is 10.0. The fraction of sp³-hybridized carbons (Fsp3) is 0.212. The predicted octanol–water partition coefficient (Wildman–Crippen LogP) is 6.11. The number of rotatable bonds is 13. The quantitative estimate of drug-likeness (QED) is 0.185. The minimum Gasteiger partial charge on any atom is -0.494 e. The van der Waals surface area contributed by atoms with Crippen LogP contribution in [0.1, 0.15) is 18.1 Å². The van der Waals surface area contributed by atoms with E-state index in [1.807, 2.05) is 30.3 Å². The number of likely N-dealkylation sites (N-methyl/N-ethyl adjacent to an activating group) is 1. The first-order chi connectivity index (χ1) is 21.5. The summed E-state index contributed by atoms with van der Waals surface area (Å²) < 4.78 is 48.4. The number of sulfonamides is 1. The summed E-state index contributed by atoms with van der Waals surface area (Å²) in [7, 11) is -2.92. The molecule has 1 atom stereocenters. The molecular weight excluding hydrogens is 640 g/mol. The Balaban J connectivity index is 1.80. The van der Waals surface area contributed by atoms with Gasteiger partial charge in [0.15, 0.2) is 0 Å². The molecule has 4 rings (SSSR count). The fourth-order valence-electron chi connectivity index (χ4n) is 4.71. The molecule has 0 radical (unpaired) electrons.